The maximum absolute atomic E-state index is 12.7. The lowest BCUT2D eigenvalue weighted by molar-refractivity contribution is 0.0997. The van der Waals surface area contributed by atoms with Crippen LogP contribution in [-0.2, 0) is 0 Å². The van der Waals surface area contributed by atoms with Gasteiger partial charge in [-0.25, -0.2) is 19.3 Å². The molecule has 0 fully saturated rings. The minimum Gasteiger partial charge on any atom is -0.495 e. The number of primary amides is 1. The van der Waals surface area contributed by atoms with E-state index in [1.807, 2.05) is 31.2 Å². The number of hydrogen-bond acceptors (Lipinski definition) is 5. The molecule has 0 aliphatic rings. The number of para-hydroxylation sites is 2. The molecule has 28 heavy (non-hydrogen) atoms. The fourth-order valence-electron chi connectivity index (χ4n) is 3.11. The van der Waals surface area contributed by atoms with Crippen LogP contribution in [-0.4, -0.2) is 32.5 Å². The Balaban J connectivity index is 2.09. The Bertz CT molecular complexity index is 1270. The van der Waals surface area contributed by atoms with Crippen molar-refractivity contribution in [3.05, 3.63) is 70.3 Å². The van der Waals surface area contributed by atoms with E-state index in [2.05, 4.69) is 15.0 Å². The van der Waals surface area contributed by atoms with E-state index in [9.17, 15) is 9.59 Å². The highest BCUT2D eigenvalue weighted by molar-refractivity contribution is 6.02. The van der Waals surface area contributed by atoms with Gasteiger partial charge in [0.15, 0.2) is 17.2 Å². The lowest BCUT2D eigenvalue weighted by Crippen LogP contribution is -2.16. The quantitative estimate of drug-likeness (QED) is 0.567. The Hall–Kier alpha value is -3.94. The van der Waals surface area contributed by atoms with Gasteiger partial charge >= 0.3 is 5.69 Å². The third-order valence-corrected chi connectivity index (χ3v) is 4.37. The number of nitrogens with zero attached hydrogens (tertiary/aromatic N) is 3. The van der Waals surface area contributed by atoms with E-state index >= 15 is 0 Å². The van der Waals surface area contributed by atoms with Gasteiger partial charge < -0.3 is 15.5 Å². The van der Waals surface area contributed by atoms with Crippen molar-refractivity contribution < 1.29 is 9.53 Å². The van der Waals surface area contributed by atoms with Crippen molar-refractivity contribution in [2.75, 3.05) is 7.11 Å². The van der Waals surface area contributed by atoms with Gasteiger partial charge in [0, 0.05) is 5.56 Å². The van der Waals surface area contributed by atoms with E-state index in [1.165, 1.54) is 11.7 Å². The minimum absolute atomic E-state index is 0.0488. The molecule has 3 N–H and O–H groups in total. The van der Waals surface area contributed by atoms with Crippen LogP contribution in [0.4, 0.5) is 0 Å². The molecule has 0 bridgehead atoms. The van der Waals surface area contributed by atoms with E-state index in [0.29, 0.717) is 22.8 Å². The van der Waals surface area contributed by atoms with Crippen LogP contribution in [0, 0.1) is 6.92 Å². The molecule has 2 aromatic carbocycles. The molecule has 1 amide bonds. The molecule has 4 aromatic rings. The molecule has 2 heterocycles. The van der Waals surface area contributed by atoms with Gasteiger partial charge in [-0.3, -0.25) is 4.79 Å². The van der Waals surface area contributed by atoms with Gasteiger partial charge in [0.05, 0.1) is 12.8 Å². The molecule has 0 spiro atoms. The maximum atomic E-state index is 12.7. The monoisotopic (exact) mass is 375 g/mol. The number of imidazole rings is 1. The molecule has 4 rings (SSSR count). The molecular weight excluding hydrogens is 358 g/mol. The number of aryl methyl sites for hydroxylation is 1. The van der Waals surface area contributed by atoms with Gasteiger partial charge in [-0.15, -0.1) is 0 Å². The van der Waals surface area contributed by atoms with Crippen molar-refractivity contribution in [3.63, 3.8) is 0 Å². The molecule has 0 saturated heterocycles. The first kappa shape index (κ1) is 17.5. The summed E-state index contributed by atoms with van der Waals surface area (Å²) in [5.74, 6) is 0.0317. The van der Waals surface area contributed by atoms with Gasteiger partial charge in [0.25, 0.3) is 5.91 Å². The van der Waals surface area contributed by atoms with E-state index < -0.39 is 11.6 Å². The van der Waals surface area contributed by atoms with Crippen molar-refractivity contribution in [2.45, 2.75) is 6.92 Å². The highest BCUT2D eigenvalue weighted by Gasteiger charge is 2.21. The first-order valence-corrected chi connectivity index (χ1v) is 8.52. The number of carbonyl (C=O) groups is 1. The molecule has 0 unspecified atom stereocenters. The molecular formula is C20H17N5O3. The van der Waals surface area contributed by atoms with Crippen LogP contribution in [0.1, 0.15) is 16.1 Å². The Labute approximate surface area is 159 Å². The maximum Gasteiger partial charge on any atom is 0.332 e. The molecule has 0 saturated carbocycles. The summed E-state index contributed by atoms with van der Waals surface area (Å²) >= 11 is 0. The highest BCUT2D eigenvalue weighted by atomic mass is 16.5. The summed E-state index contributed by atoms with van der Waals surface area (Å²) in [5.41, 5.74) is 7.64. The summed E-state index contributed by atoms with van der Waals surface area (Å²) in [7, 11) is 1.51. The number of amides is 1. The van der Waals surface area contributed by atoms with Crippen LogP contribution in [0.2, 0.25) is 0 Å². The van der Waals surface area contributed by atoms with Crippen LogP contribution >= 0.6 is 0 Å². The van der Waals surface area contributed by atoms with Crippen LogP contribution in [0.15, 0.2) is 53.3 Å². The van der Waals surface area contributed by atoms with E-state index in [4.69, 9.17) is 10.5 Å². The lowest BCUT2D eigenvalue weighted by Gasteiger charge is -2.10. The number of H-pyrrole nitrogens is 1. The second-order valence-corrected chi connectivity index (χ2v) is 6.27. The lowest BCUT2D eigenvalue weighted by atomic mass is 10.1. The number of nitrogens with two attached hydrogens (primary N) is 1. The van der Waals surface area contributed by atoms with Crippen molar-refractivity contribution in [3.8, 4) is 22.8 Å². The Morgan fingerprint density at radius 3 is 2.64 bits per heavy atom. The summed E-state index contributed by atoms with van der Waals surface area (Å²) in [6.07, 6.45) is 0. The Morgan fingerprint density at radius 1 is 1.14 bits per heavy atom. The molecule has 0 atom stereocenters. The van der Waals surface area contributed by atoms with Gasteiger partial charge in [0.1, 0.15) is 11.3 Å². The Morgan fingerprint density at radius 2 is 1.93 bits per heavy atom. The number of fused-ring (bicyclic) bond motifs is 1. The van der Waals surface area contributed by atoms with Crippen LogP contribution in [0.3, 0.4) is 0 Å². The summed E-state index contributed by atoms with van der Waals surface area (Å²) in [6, 6.07) is 14.6. The fourth-order valence-corrected chi connectivity index (χ4v) is 3.11. The number of aromatic nitrogens is 4. The van der Waals surface area contributed by atoms with Gasteiger partial charge in [-0.2, -0.15) is 0 Å². The van der Waals surface area contributed by atoms with E-state index in [0.717, 1.165) is 5.56 Å². The third-order valence-electron chi connectivity index (χ3n) is 4.37. The number of rotatable bonds is 4. The normalized spacial score (nSPS) is 10.9. The number of carbonyl (C=O) groups excluding carboxylic acids is 1. The summed E-state index contributed by atoms with van der Waals surface area (Å²) in [6.45, 7) is 1.94. The summed E-state index contributed by atoms with van der Waals surface area (Å²) in [4.78, 5) is 36.2. The number of aromatic amines is 1. The van der Waals surface area contributed by atoms with Gasteiger partial charge in [0.2, 0.25) is 0 Å². The SMILES string of the molecule is COc1ccccc1-n1c(=O)[nH]c2c(C(N)=O)nc(-c3cccc(C)c3)nc21. The second-order valence-electron chi connectivity index (χ2n) is 6.27. The number of nitrogens with one attached hydrogen (secondary N) is 1. The molecule has 0 aliphatic heterocycles. The minimum atomic E-state index is -0.755. The van der Waals surface area contributed by atoms with Gasteiger partial charge in [-0.1, -0.05) is 35.9 Å². The highest BCUT2D eigenvalue weighted by Crippen LogP contribution is 2.26. The van der Waals surface area contributed by atoms with Crippen molar-refractivity contribution in [2.24, 2.45) is 5.73 Å². The largest absolute Gasteiger partial charge is 0.495 e. The third kappa shape index (κ3) is 2.81. The number of benzene rings is 2. The van der Waals surface area contributed by atoms with Crippen LogP contribution in [0.5, 0.6) is 5.75 Å². The first-order valence-electron chi connectivity index (χ1n) is 8.52. The van der Waals surface area contributed by atoms with Crippen molar-refractivity contribution in [1.29, 1.82) is 0 Å². The number of ether oxygens (including phenoxy) is 1. The average Bonchev–Trinajstić information content (AvgIpc) is 3.02. The topological polar surface area (TPSA) is 116 Å². The predicted molar refractivity (Wildman–Crippen MR) is 105 cm³/mol. The van der Waals surface area contributed by atoms with Crippen LogP contribution < -0.4 is 16.2 Å². The average molecular weight is 375 g/mol. The van der Waals surface area contributed by atoms with Gasteiger partial charge in [-0.05, 0) is 25.1 Å². The van der Waals surface area contributed by atoms with E-state index in [-0.39, 0.29) is 16.9 Å². The molecule has 0 radical (unpaired) electrons. The molecule has 0 aliphatic carbocycles. The molecule has 140 valence electrons. The summed E-state index contributed by atoms with van der Waals surface area (Å²) < 4.78 is 6.72. The van der Waals surface area contributed by atoms with Crippen LogP contribution in [0.25, 0.3) is 28.2 Å². The second kappa shape index (κ2) is 6.66. The molecule has 8 heteroatoms. The molecule has 2 aromatic heterocycles. The summed E-state index contributed by atoms with van der Waals surface area (Å²) in [5, 5.41) is 0. The zero-order valence-electron chi connectivity index (χ0n) is 15.3. The van der Waals surface area contributed by atoms with E-state index in [1.54, 1.807) is 24.3 Å². The fraction of sp³-hybridized carbons (Fsp3) is 0.100. The zero-order valence-corrected chi connectivity index (χ0v) is 15.3. The predicted octanol–water partition coefficient (Wildman–Crippen LogP) is 2.19. The van der Waals surface area contributed by atoms with Crippen molar-refractivity contribution in [1.82, 2.24) is 19.5 Å². The molecule has 8 nitrogen and oxygen atoms in total. The number of hydrogen-bond donors (Lipinski definition) is 2. The first-order chi connectivity index (χ1) is 13.5. The smallest absolute Gasteiger partial charge is 0.332 e. The standard InChI is InChI=1S/C20H17N5O3/c1-11-6-5-7-12(10-11)18-22-15(17(21)26)16-19(24-18)25(20(27)23-16)13-8-3-4-9-14(13)28-2/h3-10H,1-2H3,(H2,21,26)(H,23,27). The van der Waals surface area contributed by atoms with Crippen molar-refractivity contribution >= 4 is 17.1 Å². The zero-order chi connectivity index (χ0) is 19.8. The number of methoxy groups -OCH3 is 1. The Kier molecular flexibility index (Phi) is 4.15.